The number of rotatable bonds is 22. The van der Waals surface area contributed by atoms with Crippen LogP contribution in [0.4, 0.5) is 11.4 Å². The summed E-state index contributed by atoms with van der Waals surface area (Å²) in [6, 6.07) is 11.2. The van der Waals surface area contributed by atoms with E-state index >= 15 is 0 Å². The molecule has 0 bridgehead atoms. The average Bonchev–Trinajstić information content (AvgIpc) is 3.70. The Morgan fingerprint density at radius 2 is 1.60 bits per heavy atom. The number of anilines is 1. The molecule has 0 atom stereocenters. The van der Waals surface area contributed by atoms with E-state index in [1.165, 1.54) is 28.9 Å². The summed E-state index contributed by atoms with van der Waals surface area (Å²) in [4.78, 5) is 55.7. The van der Waals surface area contributed by atoms with Gasteiger partial charge in [0.15, 0.2) is 5.71 Å². The number of hydrogen-bond acceptors (Lipinski definition) is 10. The number of fused-ring (bicyclic) bond motifs is 2. The molecule has 326 valence electrons. The molecule has 0 radical (unpaired) electrons. The van der Waals surface area contributed by atoms with Crippen LogP contribution in [0.5, 0.6) is 0 Å². The molecule has 14 nitrogen and oxygen atoms in total. The van der Waals surface area contributed by atoms with Gasteiger partial charge in [0.05, 0.1) is 30.1 Å². The fourth-order valence-corrected chi connectivity index (χ4v) is 8.67. The van der Waals surface area contributed by atoms with Crippen LogP contribution in [0.3, 0.4) is 0 Å². The van der Waals surface area contributed by atoms with Crippen molar-refractivity contribution in [3.05, 3.63) is 77.0 Å². The van der Waals surface area contributed by atoms with E-state index in [2.05, 4.69) is 72.0 Å². The molecule has 60 heavy (non-hydrogen) atoms. The molecule has 2 aromatic rings. The highest BCUT2D eigenvalue weighted by Gasteiger charge is 2.45. The van der Waals surface area contributed by atoms with Crippen LogP contribution in [0.25, 0.3) is 0 Å². The number of imide groups is 1. The molecule has 3 aliphatic rings. The molecule has 5 rings (SSSR count). The van der Waals surface area contributed by atoms with Crippen LogP contribution in [0, 0.1) is 6.92 Å². The van der Waals surface area contributed by atoms with Gasteiger partial charge in [0.2, 0.25) is 11.6 Å². The van der Waals surface area contributed by atoms with E-state index in [-0.39, 0.29) is 35.5 Å². The number of ether oxygens (including phenoxy) is 2. The predicted octanol–water partition coefficient (Wildman–Crippen LogP) is 6.36. The number of allylic oxidation sites excluding steroid dienone is 4. The zero-order valence-electron chi connectivity index (χ0n) is 35.9. The van der Waals surface area contributed by atoms with Crippen molar-refractivity contribution < 1.29 is 51.0 Å². The Kier molecular flexibility index (Phi) is 15.6. The molecule has 0 aliphatic carbocycles. The molecule has 3 aliphatic heterocycles. The second kappa shape index (κ2) is 20.2. The number of nitrogens with zero attached hydrogens (tertiary/aromatic N) is 3. The Labute approximate surface area is 354 Å². The molecule has 15 heteroatoms. The van der Waals surface area contributed by atoms with Gasteiger partial charge in [-0.2, -0.15) is 13.0 Å². The molecule has 3 heterocycles. The summed E-state index contributed by atoms with van der Waals surface area (Å²) in [6.45, 7) is 13.9. The number of carbonyl (C=O) groups is 4. The summed E-state index contributed by atoms with van der Waals surface area (Å²) in [5.74, 6) is -1.64. The molecule has 3 amide bonds. The van der Waals surface area contributed by atoms with E-state index in [1.54, 1.807) is 13.2 Å². The van der Waals surface area contributed by atoms with Crippen molar-refractivity contribution in [2.24, 2.45) is 0 Å². The molecule has 1 fully saturated rings. The number of nitrogens with one attached hydrogen (secondary N) is 1. The molecule has 0 saturated carbocycles. The molecule has 1 saturated heterocycles. The monoisotopic (exact) mass is 849 g/mol. The summed E-state index contributed by atoms with van der Waals surface area (Å²) in [5, 5.41) is 3.48. The number of methoxy groups -OCH3 is 1. The molecule has 2 aromatic carbocycles. The molecular formula is C45H61N4O10S+. The summed E-state index contributed by atoms with van der Waals surface area (Å²) in [7, 11) is -2.81. The normalized spacial score (nSPS) is 17.6. The number of hydrogen-bond donors (Lipinski definition) is 2. The molecular weight excluding hydrogens is 789 g/mol. The van der Waals surface area contributed by atoms with E-state index in [4.69, 9.17) is 14.3 Å². The van der Waals surface area contributed by atoms with Gasteiger partial charge in [0.1, 0.15) is 6.54 Å². The van der Waals surface area contributed by atoms with Gasteiger partial charge >= 0.3 is 5.97 Å². The lowest BCUT2D eigenvalue weighted by atomic mass is 9.81. The predicted molar refractivity (Wildman–Crippen MR) is 228 cm³/mol. The zero-order chi connectivity index (χ0) is 43.7. The summed E-state index contributed by atoms with van der Waals surface area (Å²) in [6.07, 6.45) is 11.3. The minimum absolute atomic E-state index is 0.0204. The Balaban J connectivity index is 1.30. The quantitative estimate of drug-likeness (QED) is 0.0585. The maximum atomic E-state index is 12.4. The number of hydroxylamine groups is 2. The third-order valence-electron chi connectivity index (χ3n) is 11.5. The lowest BCUT2D eigenvalue weighted by Crippen LogP contribution is -2.31. The minimum atomic E-state index is -4.44. The first kappa shape index (κ1) is 46.4. The van der Waals surface area contributed by atoms with Crippen molar-refractivity contribution in [1.29, 1.82) is 0 Å². The fraction of sp³-hybridized carbons (Fsp3) is 0.533. The first-order valence-corrected chi connectivity index (χ1v) is 22.3. The van der Waals surface area contributed by atoms with Gasteiger partial charge in [-0.1, -0.05) is 44.0 Å². The molecule has 2 N–H and O–H groups in total. The van der Waals surface area contributed by atoms with Crippen molar-refractivity contribution in [2.45, 2.75) is 115 Å². The van der Waals surface area contributed by atoms with Crippen LogP contribution in [0.15, 0.2) is 65.2 Å². The highest BCUT2D eigenvalue weighted by atomic mass is 32.2. The van der Waals surface area contributed by atoms with Crippen molar-refractivity contribution in [3.8, 4) is 0 Å². The molecule has 0 spiro atoms. The number of amides is 3. The van der Waals surface area contributed by atoms with E-state index in [0.29, 0.717) is 63.7 Å². The Bertz CT molecular complexity index is 2120. The zero-order valence-corrected chi connectivity index (χ0v) is 36.7. The van der Waals surface area contributed by atoms with Gasteiger partial charge in [-0.15, -0.1) is 5.06 Å². The van der Waals surface area contributed by atoms with Crippen molar-refractivity contribution in [1.82, 2.24) is 10.4 Å². The number of unbranched alkanes of at least 4 members (excludes halogenated alkanes) is 4. The van der Waals surface area contributed by atoms with Crippen LogP contribution in [-0.2, 0) is 54.4 Å². The smallest absolute Gasteiger partial charge is 0.333 e. The average molecular weight is 850 g/mol. The number of carbonyl (C=O) groups excluding carboxylic acids is 4. The third-order valence-corrected chi connectivity index (χ3v) is 12.3. The van der Waals surface area contributed by atoms with Gasteiger partial charge < -0.3 is 24.5 Å². The molecule has 0 aromatic heterocycles. The second-order valence-electron chi connectivity index (χ2n) is 16.6. The molecule has 0 unspecified atom stereocenters. The van der Waals surface area contributed by atoms with E-state index < -0.39 is 33.3 Å². The summed E-state index contributed by atoms with van der Waals surface area (Å²) < 4.78 is 46.9. The van der Waals surface area contributed by atoms with Crippen molar-refractivity contribution >= 4 is 50.9 Å². The number of benzene rings is 2. The third kappa shape index (κ3) is 11.2. The van der Waals surface area contributed by atoms with Crippen LogP contribution < -0.4 is 10.2 Å². The van der Waals surface area contributed by atoms with Crippen LogP contribution in [0.1, 0.15) is 109 Å². The first-order valence-electron chi connectivity index (χ1n) is 20.9. The largest absolute Gasteiger partial charge is 0.382 e. The SMILES string of the molecule is COCCOCCNC(=O)CCCCCN1C(=CC=CC2=[N+](CCCCCC(=O)ON3C(=O)CCC3=O)c3ccc(S(=O)(=O)O)cc3C2(C)C)C(C)(C)c2cc(C)ccc21. The maximum absolute atomic E-state index is 12.4. The van der Waals surface area contributed by atoms with Gasteiger partial charge in [-0.05, 0) is 76.3 Å². The lowest BCUT2D eigenvalue weighted by molar-refractivity contribution is -0.438. The van der Waals surface area contributed by atoms with Crippen LogP contribution >= 0.6 is 0 Å². The second-order valence-corrected chi connectivity index (χ2v) is 18.1. The van der Waals surface area contributed by atoms with Crippen molar-refractivity contribution in [2.75, 3.05) is 51.5 Å². The van der Waals surface area contributed by atoms with Gasteiger partial charge in [-0.25, -0.2) is 4.79 Å². The van der Waals surface area contributed by atoms with E-state index in [1.807, 2.05) is 13.8 Å². The topological polar surface area (TPSA) is 172 Å². The summed E-state index contributed by atoms with van der Waals surface area (Å²) in [5.41, 5.74) is 6.36. The van der Waals surface area contributed by atoms with Gasteiger partial charge in [0, 0.05) is 86.8 Å². The Morgan fingerprint density at radius 3 is 2.32 bits per heavy atom. The number of aryl methyl sites for hydroxylation is 1. The highest BCUT2D eigenvalue weighted by molar-refractivity contribution is 7.85. The van der Waals surface area contributed by atoms with E-state index in [0.717, 1.165) is 48.5 Å². The Hall–Kier alpha value is -4.70. The summed E-state index contributed by atoms with van der Waals surface area (Å²) >= 11 is 0. The minimum Gasteiger partial charge on any atom is -0.382 e. The fourth-order valence-electron chi connectivity index (χ4n) is 8.17. The maximum Gasteiger partial charge on any atom is 0.333 e. The van der Waals surface area contributed by atoms with E-state index in [9.17, 15) is 32.1 Å². The van der Waals surface area contributed by atoms with Crippen LogP contribution in [0.2, 0.25) is 0 Å². The van der Waals surface area contributed by atoms with Gasteiger partial charge in [-0.3, -0.25) is 18.9 Å². The highest BCUT2D eigenvalue weighted by Crippen LogP contribution is 2.48. The standard InChI is InChI=1S/C45H60N4O10S/c1-32-18-20-36-34(30-32)44(2,3)38(47(36)25-11-7-9-16-40(50)46-24-27-58-29-28-57-6)14-13-15-39-45(4,5)35-31-33(60(54,55)56)19-21-37(35)48(39)26-12-8-10-17-43(53)59-49-41(51)22-23-42(49)52/h13-15,18-21,30-31H,7-12,16-17,22-29H2,1-6H3,(H-,46,50,54,55,56)/p+1. The lowest BCUT2D eigenvalue weighted by Gasteiger charge is -2.27. The first-order chi connectivity index (χ1) is 28.5. The van der Waals surface area contributed by atoms with Gasteiger partial charge in [0.25, 0.3) is 21.9 Å². The Morgan fingerprint density at radius 1 is 0.883 bits per heavy atom. The van der Waals surface area contributed by atoms with Crippen molar-refractivity contribution in [3.63, 3.8) is 0 Å². The van der Waals surface area contributed by atoms with Crippen LogP contribution in [-0.4, -0.2) is 98.6 Å².